The highest BCUT2D eigenvalue weighted by Gasteiger charge is 2.17. The fourth-order valence-corrected chi connectivity index (χ4v) is 3.56. The van der Waals surface area contributed by atoms with E-state index in [2.05, 4.69) is 22.0 Å². The predicted octanol–water partition coefficient (Wildman–Crippen LogP) is 3.99. The summed E-state index contributed by atoms with van der Waals surface area (Å²) in [5.41, 5.74) is 1.38. The Kier molecular flexibility index (Phi) is 4.29. The summed E-state index contributed by atoms with van der Waals surface area (Å²) in [6.07, 6.45) is 7.14. The van der Waals surface area contributed by atoms with E-state index in [9.17, 15) is 4.79 Å². The average Bonchev–Trinajstić information content (AvgIpc) is 3.16. The van der Waals surface area contributed by atoms with E-state index in [1.165, 1.54) is 25.7 Å². The van der Waals surface area contributed by atoms with Gasteiger partial charge in [-0.15, -0.1) is 11.8 Å². The monoisotopic (exact) mass is 302 g/mol. The zero-order valence-electron chi connectivity index (χ0n) is 11.7. The van der Waals surface area contributed by atoms with Crippen LogP contribution in [0.15, 0.2) is 41.4 Å². The van der Waals surface area contributed by atoms with Crippen molar-refractivity contribution in [3.05, 3.63) is 47.8 Å². The van der Waals surface area contributed by atoms with Crippen LogP contribution in [0.3, 0.4) is 0 Å². The topological polar surface area (TPSA) is 55.1 Å². The fourth-order valence-electron chi connectivity index (χ4n) is 2.70. The molecule has 21 heavy (non-hydrogen) atoms. The first-order chi connectivity index (χ1) is 10.2. The van der Waals surface area contributed by atoms with Crippen molar-refractivity contribution in [3.63, 3.8) is 0 Å². The highest BCUT2D eigenvalue weighted by atomic mass is 32.2. The molecule has 0 bridgehead atoms. The molecule has 0 aliphatic heterocycles. The van der Waals surface area contributed by atoms with E-state index in [1.807, 2.05) is 6.07 Å². The van der Waals surface area contributed by atoms with Gasteiger partial charge >= 0.3 is 5.97 Å². The van der Waals surface area contributed by atoms with Gasteiger partial charge in [0.25, 0.3) is 0 Å². The first kappa shape index (κ1) is 14.2. The van der Waals surface area contributed by atoms with Crippen LogP contribution in [-0.4, -0.2) is 20.9 Å². The fraction of sp³-hybridized carbons (Fsp3) is 0.375. The van der Waals surface area contributed by atoms with Gasteiger partial charge < -0.3 is 5.11 Å². The third kappa shape index (κ3) is 3.47. The van der Waals surface area contributed by atoms with Crippen molar-refractivity contribution in [2.45, 2.75) is 42.4 Å². The first-order valence-electron chi connectivity index (χ1n) is 7.22. The maximum atomic E-state index is 11.0. The van der Waals surface area contributed by atoms with Gasteiger partial charge in [0, 0.05) is 16.8 Å². The highest BCUT2D eigenvalue weighted by Crippen LogP contribution is 2.29. The van der Waals surface area contributed by atoms with Crippen LogP contribution in [-0.2, 0) is 5.75 Å². The lowest BCUT2D eigenvalue weighted by molar-refractivity contribution is 0.0696. The molecule has 0 unspecified atom stereocenters. The van der Waals surface area contributed by atoms with E-state index in [-0.39, 0.29) is 0 Å². The Balaban J connectivity index is 1.62. The predicted molar refractivity (Wildman–Crippen MR) is 82.7 cm³/mol. The number of nitrogens with zero attached hydrogens (tertiary/aromatic N) is 2. The Morgan fingerprint density at radius 3 is 2.90 bits per heavy atom. The highest BCUT2D eigenvalue weighted by molar-refractivity contribution is 7.98. The van der Waals surface area contributed by atoms with Crippen LogP contribution in [0.2, 0.25) is 0 Å². The molecule has 0 radical (unpaired) electrons. The number of aromatic carboxylic acids is 1. The van der Waals surface area contributed by atoms with Crippen LogP contribution < -0.4 is 0 Å². The molecule has 1 N–H and O–H groups in total. The van der Waals surface area contributed by atoms with Gasteiger partial charge in [-0.05, 0) is 37.1 Å². The lowest BCUT2D eigenvalue weighted by Crippen LogP contribution is -2.05. The Morgan fingerprint density at radius 2 is 2.14 bits per heavy atom. The number of carbonyl (C=O) groups is 1. The molecule has 1 fully saturated rings. The van der Waals surface area contributed by atoms with Crippen molar-refractivity contribution in [2.75, 3.05) is 0 Å². The SMILES string of the molecule is O=C(O)c1cccc(SCc2ccn(C3CCCC3)n2)c1. The number of hydrogen-bond donors (Lipinski definition) is 1. The second-order valence-corrected chi connectivity index (χ2v) is 6.40. The van der Waals surface area contributed by atoms with Crippen LogP contribution in [0.1, 0.15) is 47.8 Å². The van der Waals surface area contributed by atoms with Crippen molar-refractivity contribution >= 4 is 17.7 Å². The minimum atomic E-state index is -0.886. The number of carboxylic acid groups (broad SMARTS) is 1. The van der Waals surface area contributed by atoms with Crippen molar-refractivity contribution in [1.82, 2.24) is 9.78 Å². The second-order valence-electron chi connectivity index (χ2n) is 5.35. The number of thioether (sulfide) groups is 1. The molecular weight excluding hydrogens is 284 g/mol. The zero-order valence-corrected chi connectivity index (χ0v) is 12.6. The van der Waals surface area contributed by atoms with E-state index in [0.717, 1.165) is 16.3 Å². The smallest absolute Gasteiger partial charge is 0.335 e. The van der Waals surface area contributed by atoms with Gasteiger partial charge in [0.05, 0.1) is 17.3 Å². The van der Waals surface area contributed by atoms with Gasteiger partial charge in [0.2, 0.25) is 0 Å². The molecule has 5 heteroatoms. The molecular formula is C16H18N2O2S. The minimum Gasteiger partial charge on any atom is -0.478 e. The molecule has 0 amide bonds. The lowest BCUT2D eigenvalue weighted by atomic mass is 10.2. The normalized spacial score (nSPS) is 15.4. The van der Waals surface area contributed by atoms with E-state index in [1.54, 1.807) is 30.0 Å². The third-order valence-corrected chi connectivity index (χ3v) is 4.86. The standard InChI is InChI=1S/C16H18N2O2S/c19-16(20)12-4-3-7-15(10-12)21-11-13-8-9-18(17-13)14-5-1-2-6-14/h3-4,7-10,14H,1-2,5-6,11H2,(H,19,20). The third-order valence-electron chi connectivity index (χ3n) is 3.83. The maximum Gasteiger partial charge on any atom is 0.335 e. The second kappa shape index (κ2) is 6.35. The molecule has 0 atom stereocenters. The summed E-state index contributed by atoms with van der Waals surface area (Å²) < 4.78 is 2.09. The van der Waals surface area contributed by atoms with Gasteiger partial charge in [-0.1, -0.05) is 18.9 Å². The largest absolute Gasteiger partial charge is 0.478 e. The number of hydrogen-bond acceptors (Lipinski definition) is 3. The van der Waals surface area contributed by atoms with Crippen LogP contribution in [0.5, 0.6) is 0 Å². The van der Waals surface area contributed by atoms with Crippen molar-refractivity contribution in [3.8, 4) is 0 Å². The van der Waals surface area contributed by atoms with Gasteiger partial charge in [-0.25, -0.2) is 4.79 Å². The van der Waals surface area contributed by atoms with Crippen LogP contribution in [0.25, 0.3) is 0 Å². The van der Waals surface area contributed by atoms with Gasteiger partial charge in [0.1, 0.15) is 0 Å². The Morgan fingerprint density at radius 1 is 1.33 bits per heavy atom. The van der Waals surface area contributed by atoms with Crippen LogP contribution in [0, 0.1) is 0 Å². The summed E-state index contributed by atoms with van der Waals surface area (Å²) in [4.78, 5) is 11.9. The summed E-state index contributed by atoms with van der Waals surface area (Å²) >= 11 is 1.62. The first-order valence-corrected chi connectivity index (χ1v) is 8.21. The molecule has 0 saturated heterocycles. The Bertz CT molecular complexity index is 633. The summed E-state index contributed by atoms with van der Waals surface area (Å²) in [7, 11) is 0. The Labute approximate surface area is 128 Å². The average molecular weight is 302 g/mol. The minimum absolute atomic E-state index is 0.330. The van der Waals surface area contributed by atoms with E-state index >= 15 is 0 Å². The zero-order chi connectivity index (χ0) is 14.7. The summed E-state index contributed by atoms with van der Waals surface area (Å²) in [6.45, 7) is 0. The molecule has 1 aliphatic rings. The summed E-state index contributed by atoms with van der Waals surface area (Å²) in [5.74, 6) is -0.119. The van der Waals surface area contributed by atoms with Crippen LogP contribution in [0.4, 0.5) is 0 Å². The van der Waals surface area contributed by atoms with E-state index in [0.29, 0.717) is 11.6 Å². The van der Waals surface area contributed by atoms with Gasteiger partial charge in [-0.2, -0.15) is 5.10 Å². The molecule has 1 aromatic heterocycles. The maximum absolute atomic E-state index is 11.0. The molecule has 3 rings (SSSR count). The Hall–Kier alpha value is -1.75. The number of aromatic nitrogens is 2. The molecule has 1 aliphatic carbocycles. The number of rotatable bonds is 5. The molecule has 1 saturated carbocycles. The van der Waals surface area contributed by atoms with E-state index in [4.69, 9.17) is 5.11 Å². The quantitative estimate of drug-likeness (QED) is 0.849. The lowest BCUT2D eigenvalue weighted by Gasteiger charge is -2.08. The molecule has 4 nitrogen and oxygen atoms in total. The van der Waals surface area contributed by atoms with Crippen molar-refractivity contribution < 1.29 is 9.90 Å². The van der Waals surface area contributed by atoms with Gasteiger partial charge in [-0.3, -0.25) is 4.68 Å². The molecule has 0 spiro atoms. The number of benzene rings is 1. The summed E-state index contributed by atoms with van der Waals surface area (Å²) in [6, 6.07) is 9.67. The number of carboxylic acids is 1. The molecule has 110 valence electrons. The molecule has 2 aromatic rings. The molecule has 1 aromatic carbocycles. The summed E-state index contributed by atoms with van der Waals surface area (Å²) in [5, 5.41) is 13.6. The van der Waals surface area contributed by atoms with E-state index < -0.39 is 5.97 Å². The van der Waals surface area contributed by atoms with Crippen molar-refractivity contribution in [1.29, 1.82) is 0 Å². The van der Waals surface area contributed by atoms with Crippen LogP contribution >= 0.6 is 11.8 Å². The van der Waals surface area contributed by atoms with Gasteiger partial charge in [0.15, 0.2) is 0 Å². The van der Waals surface area contributed by atoms with Crippen molar-refractivity contribution in [2.24, 2.45) is 0 Å². The molecule has 1 heterocycles.